The van der Waals surface area contributed by atoms with Crippen LogP contribution in [0.2, 0.25) is 18.1 Å². The molecule has 45 heavy (non-hydrogen) atoms. The van der Waals surface area contributed by atoms with E-state index in [0.717, 1.165) is 83.7 Å². The molecule has 254 valence electrons. The number of amides is 2. The van der Waals surface area contributed by atoms with Crippen LogP contribution in [0.3, 0.4) is 0 Å². The number of hydrogen-bond donors (Lipinski definition) is 0. The van der Waals surface area contributed by atoms with Gasteiger partial charge < -0.3 is 14.2 Å². The van der Waals surface area contributed by atoms with Crippen LogP contribution >= 0.6 is 0 Å². The number of rotatable bonds is 3. The number of allylic oxidation sites excluding steroid dienone is 3. The maximum atomic E-state index is 14.9. The molecule has 0 aromatic heterocycles. The van der Waals surface area contributed by atoms with Gasteiger partial charge >= 0.3 is 0 Å². The van der Waals surface area contributed by atoms with E-state index in [1.807, 2.05) is 4.90 Å². The van der Waals surface area contributed by atoms with Gasteiger partial charge in [0.2, 0.25) is 12.3 Å². The molecule has 1 aliphatic carbocycles. The summed E-state index contributed by atoms with van der Waals surface area (Å²) in [6.45, 7) is 14.3. The van der Waals surface area contributed by atoms with Crippen LogP contribution in [0.25, 0.3) is 0 Å². The van der Waals surface area contributed by atoms with Crippen molar-refractivity contribution in [1.82, 2.24) is 9.80 Å². The van der Waals surface area contributed by atoms with Crippen molar-refractivity contribution in [2.24, 2.45) is 23.2 Å². The van der Waals surface area contributed by atoms with E-state index in [1.54, 1.807) is 0 Å². The Morgan fingerprint density at radius 3 is 2.27 bits per heavy atom. The Kier molecular flexibility index (Phi) is 13.2. The molecule has 0 N–H and O–H groups in total. The number of fused-ring (bicyclic) bond motifs is 4. The minimum atomic E-state index is -2.09. The maximum absolute atomic E-state index is 14.9. The SMILES string of the molecule is CC(C)(C)[Si](C)(C)O[C@H]1C/C=C\C/C=C\CCCN2C[C@]34CCCCCCCCCCN(C=O)CCC(C(=O)C3C1)[C@@H](C4)C2=O. The molecule has 2 amide bonds. The molecular weight excluding hydrogens is 577 g/mol. The van der Waals surface area contributed by atoms with Gasteiger partial charge in [-0.05, 0) is 81.3 Å². The highest BCUT2D eigenvalue weighted by Gasteiger charge is 2.59. The molecule has 4 aliphatic rings. The second-order valence-corrected chi connectivity index (χ2v) is 21.1. The van der Waals surface area contributed by atoms with Gasteiger partial charge in [-0.1, -0.05) is 90.0 Å². The van der Waals surface area contributed by atoms with E-state index in [2.05, 4.69) is 63.1 Å². The monoisotopic (exact) mass is 640 g/mol. The Balaban J connectivity index is 1.75. The second kappa shape index (κ2) is 16.4. The predicted octanol–water partition coefficient (Wildman–Crippen LogP) is 8.48. The number of piperidine rings is 1. The van der Waals surface area contributed by atoms with Crippen molar-refractivity contribution in [3.63, 3.8) is 0 Å². The van der Waals surface area contributed by atoms with Crippen molar-refractivity contribution in [3.8, 4) is 0 Å². The maximum Gasteiger partial charge on any atom is 0.226 e. The average Bonchev–Trinajstić information content (AvgIpc) is 2.98. The summed E-state index contributed by atoms with van der Waals surface area (Å²) in [6, 6.07) is 0. The highest BCUT2D eigenvalue weighted by molar-refractivity contribution is 6.74. The fourth-order valence-electron chi connectivity index (χ4n) is 8.32. The number of Topliss-reactive ketones (excluding diaryl/α,β-unsaturated/α-hetero) is 1. The standard InChI is InChI=1S/C38H64N2O4Si/c1-37(2,3)45(4,5)44-31-21-17-13-9-8-12-16-20-25-40-29-38-23-18-14-10-6-7-11-15-19-24-39(30-41)26-22-32(33(28-38)36(40)43)35(42)34(38)27-31/h8,12-13,17,30-34H,6-7,9-11,14-16,18-29H2,1-5H3/b12-8-,17-13-/t31-,32?,33+,34?,38+/m0/s1. The first-order valence-corrected chi connectivity index (χ1v) is 21.4. The number of nitrogens with zero attached hydrogens (tertiary/aromatic N) is 2. The van der Waals surface area contributed by atoms with Gasteiger partial charge in [0.15, 0.2) is 8.32 Å². The van der Waals surface area contributed by atoms with Crippen LogP contribution < -0.4 is 0 Å². The smallest absolute Gasteiger partial charge is 0.226 e. The molecule has 5 atom stereocenters. The summed E-state index contributed by atoms with van der Waals surface area (Å²) in [5.41, 5.74) is -0.195. The van der Waals surface area contributed by atoms with Gasteiger partial charge in [-0.2, -0.15) is 0 Å². The minimum absolute atomic E-state index is 0.0223. The topological polar surface area (TPSA) is 66.9 Å². The van der Waals surface area contributed by atoms with E-state index in [-0.39, 0.29) is 46.0 Å². The van der Waals surface area contributed by atoms with Gasteiger partial charge in [0.05, 0.1) is 0 Å². The molecule has 7 heteroatoms. The number of hydrogen-bond acceptors (Lipinski definition) is 4. The molecule has 4 rings (SSSR count). The Labute approximate surface area is 275 Å². The number of carbonyl (C=O) groups is 3. The van der Waals surface area contributed by atoms with Crippen molar-refractivity contribution < 1.29 is 18.8 Å². The zero-order valence-corrected chi connectivity index (χ0v) is 30.4. The van der Waals surface area contributed by atoms with Gasteiger partial charge in [0, 0.05) is 50.0 Å². The van der Waals surface area contributed by atoms with Crippen molar-refractivity contribution in [3.05, 3.63) is 24.3 Å². The van der Waals surface area contributed by atoms with Gasteiger partial charge in [0.25, 0.3) is 0 Å². The number of carbonyl (C=O) groups excluding carboxylic acids is 3. The minimum Gasteiger partial charge on any atom is -0.414 e. The van der Waals surface area contributed by atoms with E-state index in [1.165, 1.54) is 32.1 Å². The first-order valence-electron chi connectivity index (χ1n) is 18.5. The lowest BCUT2D eigenvalue weighted by Gasteiger charge is -2.56. The van der Waals surface area contributed by atoms with Gasteiger partial charge in [0.1, 0.15) is 5.78 Å². The molecular formula is C38H64N2O4Si. The van der Waals surface area contributed by atoms with E-state index >= 15 is 0 Å². The third-order valence-electron chi connectivity index (χ3n) is 12.0. The Morgan fingerprint density at radius 2 is 1.56 bits per heavy atom. The molecule has 0 radical (unpaired) electrons. The molecule has 1 saturated carbocycles. The van der Waals surface area contributed by atoms with Gasteiger partial charge in [-0.3, -0.25) is 14.4 Å². The van der Waals surface area contributed by atoms with Gasteiger partial charge in [-0.25, -0.2) is 0 Å². The van der Waals surface area contributed by atoms with Crippen LogP contribution in [0, 0.1) is 23.2 Å². The van der Waals surface area contributed by atoms with Gasteiger partial charge in [-0.15, -0.1) is 0 Å². The normalized spacial score (nSPS) is 33.6. The van der Waals surface area contributed by atoms with E-state index in [0.29, 0.717) is 19.5 Å². The molecule has 6 nitrogen and oxygen atoms in total. The summed E-state index contributed by atoms with van der Waals surface area (Å²) in [6.07, 6.45) is 26.2. The lowest BCUT2D eigenvalue weighted by atomic mass is 9.53. The lowest BCUT2D eigenvalue weighted by Crippen LogP contribution is -2.63. The molecule has 0 aromatic carbocycles. The third-order valence-corrected chi connectivity index (χ3v) is 16.5. The summed E-state index contributed by atoms with van der Waals surface area (Å²) >= 11 is 0. The highest BCUT2D eigenvalue weighted by atomic mass is 28.4. The van der Waals surface area contributed by atoms with Crippen LogP contribution in [0.5, 0.6) is 0 Å². The van der Waals surface area contributed by atoms with Crippen LogP contribution in [-0.4, -0.2) is 68.5 Å². The fourth-order valence-corrected chi connectivity index (χ4v) is 9.70. The quantitative estimate of drug-likeness (QED) is 0.176. The fraction of sp³-hybridized carbons (Fsp3) is 0.816. The summed E-state index contributed by atoms with van der Waals surface area (Å²) < 4.78 is 7.16. The number of ketones is 1. The van der Waals surface area contributed by atoms with Crippen LogP contribution in [0.15, 0.2) is 24.3 Å². The van der Waals surface area contributed by atoms with E-state index < -0.39 is 8.32 Å². The zero-order chi connectivity index (χ0) is 32.5. The molecule has 4 bridgehead atoms. The molecule has 3 aliphatic heterocycles. The van der Waals surface area contributed by atoms with Crippen molar-refractivity contribution in [2.75, 3.05) is 26.2 Å². The Bertz CT molecular complexity index is 1050. The average molecular weight is 641 g/mol. The van der Waals surface area contributed by atoms with Crippen molar-refractivity contribution in [1.29, 1.82) is 0 Å². The summed E-state index contributed by atoms with van der Waals surface area (Å²) in [5.74, 6) is -0.245. The van der Waals surface area contributed by atoms with E-state index in [4.69, 9.17) is 4.43 Å². The summed E-state index contributed by atoms with van der Waals surface area (Å²) in [5, 5.41) is 0.0778. The third kappa shape index (κ3) is 9.43. The second-order valence-electron chi connectivity index (χ2n) is 16.3. The predicted molar refractivity (Wildman–Crippen MR) is 186 cm³/mol. The van der Waals surface area contributed by atoms with Crippen LogP contribution in [0.4, 0.5) is 0 Å². The zero-order valence-electron chi connectivity index (χ0n) is 29.4. The molecule has 0 aromatic rings. The molecule has 3 fully saturated rings. The van der Waals surface area contributed by atoms with Crippen LogP contribution in [-0.2, 0) is 18.8 Å². The molecule has 2 saturated heterocycles. The van der Waals surface area contributed by atoms with Crippen LogP contribution in [0.1, 0.15) is 124 Å². The van der Waals surface area contributed by atoms with E-state index in [9.17, 15) is 14.4 Å². The first-order chi connectivity index (χ1) is 21.5. The first kappa shape index (κ1) is 36.1. The van der Waals surface area contributed by atoms with Crippen molar-refractivity contribution in [2.45, 2.75) is 148 Å². The largest absolute Gasteiger partial charge is 0.414 e. The summed E-state index contributed by atoms with van der Waals surface area (Å²) in [7, 11) is -2.09. The summed E-state index contributed by atoms with van der Waals surface area (Å²) in [4.78, 5) is 45.2. The Morgan fingerprint density at radius 1 is 0.867 bits per heavy atom. The molecule has 1 spiro atoms. The highest BCUT2D eigenvalue weighted by Crippen LogP contribution is 2.54. The molecule has 2 unspecified atom stereocenters. The Hall–Kier alpha value is -1.73. The van der Waals surface area contributed by atoms with Crippen molar-refractivity contribution >= 4 is 26.4 Å². The molecule has 3 heterocycles. The lowest BCUT2D eigenvalue weighted by molar-refractivity contribution is -0.168.